The molecule has 20 heavy (non-hydrogen) atoms. The zero-order chi connectivity index (χ0) is 15.3. The highest BCUT2D eigenvalue weighted by atomic mass is 16.5. The van der Waals surface area contributed by atoms with Crippen molar-refractivity contribution in [1.29, 1.82) is 5.26 Å². The number of nitriles is 1. The number of aromatic nitrogens is 1. The van der Waals surface area contributed by atoms with E-state index in [9.17, 15) is 9.59 Å². The van der Waals surface area contributed by atoms with Gasteiger partial charge in [0.25, 0.3) is 5.56 Å². The Balaban J connectivity index is 3.40. The number of methoxy groups -OCH3 is 1. The van der Waals surface area contributed by atoms with Gasteiger partial charge in [-0.25, -0.2) is 4.79 Å². The van der Waals surface area contributed by atoms with Gasteiger partial charge in [-0.15, -0.1) is 0 Å². The molecule has 1 atom stereocenters. The minimum Gasteiger partial charge on any atom is -0.495 e. The summed E-state index contributed by atoms with van der Waals surface area (Å²) in [6.45, 7) is 5.56. The van der Waals surface area contributed by atoms with Crippen molar-refractivity contribution in [3.8, 4) is 11.8 Å². The monoisotopic (exact) mass is 278 g/mol. The molecule has 0 aliphatic rings. The lowest BCUT2D eigenvalue weighted by Gasteiger charge is -2.22. The maximum Gasteiger partial charge on any atom is 0.329 e. The van der Waals surface area contributed by atoms with Crippen LogP contribution in [0.2, 0.25) is 0 Å². The Kier molecular flexibility index (Phi) is 5.32. The number of hydrogen-bond donors (Lipinski definition) is 0. The summed E-state index contributed by atoms with van der Waals surface area (Å²) in [5.74, 6) is -0.439. The third-order valence-corrected chi connectivity index (χ3v) is 2.87. The molecular weight excluding hydrogens is 260 g/mol. The third kappa shape index (κ3) is 2.99. The van der Waals surface area contributed by atoms with Crippen LogP contribution >= 0.6 is 0 Å². The standard InChI is InChI=1S/C14H18N2O4/c1-5-20-14(18)12(9(2)3)16-7-6-11(19-4)10(8-15)13(16)17/h6-7,9,12H,5H2,1-4H3. The summed E-state index contributed by atoms with van der Waals surface area (Å²) in [5, 5.41) is 9.06. The van der Waals surface area contributed by atoms with E-state index in [4.69, 9.17) is 14.7 Å². The van der Waals surface area contributed by atoms with Gasteiger partial charge in [-0.05, 0) is 18.9 Å². The van der Waals surface area contributed by atoms with E-state index in [1.165, 1.54) is 23.9 Å². The second kappa shape index (κ2) is 6.75. The first-order valence-corrected chi connectivity index (χ1v) is 6.33. The molecular formula is C14H18N2O4. The number of hydrogen-bond acceptors (Lipinski definition) is 5. The van der Waals surface area contributed by atoms with Gasteiger partial charge in [0, 0.05) is 6.20 Å². The average Bonchev–Trinajstić information content (AvgIpc) is 2.40. The number of esters is 1. The van der Waals surface area contributed by atoms with Crippen LogP contribution in [0, 0.1) is 17.2 Å². The smallest absolute Gasteiger partial charge is 0.329 e. The summed E-state index contributed by atoms with van der Waals surface area (Å²) in [7, 11) is 1.38. The number of rotatable bonds is 5. The topological polar surface area (TPSA) is 81.3 Å². The molecule has 0 spiro atoms. The van der Waals surface area contributed by atoms with Gasteiger partial charge in [0.1, 0.15) is 17.9 Å². The zero-order valence-electron chi connectivity index (χ0n) is 12.0. The molecule has 0 fully saturated rings. The molecule has 1 rings (SSSR count). The first kappa shape index (κ1) is 15.8. The van der Waals surface area contributed by atoms with Crippen molar-refractivity contribution in [2.24, 2.45) is 5.92 Å². The highest BCUT2D eigenvalue weighted by Gasteiger charge is 2.27. The molecule has 1 aromatic rings. The minimum atomic E-state index is -0.763. The molecule has 0 aromatic carbocycles. The Labute approximate surface area is 117 Å². The average molecular weight is 278 g/mol. The fraction of sp³-hybridized carbons (Fsp3) is 0.500. The summed E-state index contributed by atoms with van der Waals surface area (Å²) in [4.78, 5) is 24.3. The Bertz CT molecular complexity index is 584. The zero-order valence-corrected chi connectivity index (χ0v) is 12.0. The van der Waals surface area contributed by atoms with Crippen LogP contribution in [0.3, 0.4) is 0 Å². The quantitative estimate of drug-likeness (QED) is 0.762. The minimum absolute atomic E-state index is 0.120. The van der Waals surface area contributed by atoms with Crippen molar-refractivity contribution in [3.05, 3.63) is 28.2 Å². The van der Waals surface area contributed by atoms with Crippen LogP contribution in [0.1, 0.15) is 32.4 Å². The lowest BCUT2D eigenvalue weighted by Crippen LogP contribution is -2.35. The van der Waals surface area contributed by atoms with Crippen molar-refractivity contribution < 1.29 is 14.3 Å². The van der Waals surface area contributed by atoms with Gasteiger partial charge in [0.05, 0.1) is 13.7 Å². The van der Waals surface area contributed by atoms with Crippen LogP contribution in [0.4, 0.5) is 0 Å². The Morgan fingerprint density at radius 2 is 2.15 bits per heavy atom. The van der Waals surface area contributed by atoms with Gasteiger partial charge in [-0.3, -0.25) is 9.36 Å². The number of carbonyl (C=O) groups is 1. The van der Waals surface area contributed by atoms with Crippen LogP contribution in [-0.4, -0.2) is 24.3 Å². The van der Waals surface area contributed by atoms with E-state index in [1.54, 1.807) is 6.92 Å². The van der Waals surface area contributed by atoms with Gasteiger partial charge in [0.2, 0.25) is 0 Å². The van der Waals surface area contributed by atoms with E-state index in [2.05, 4.69) is 0 Å². The van der Waals surface area contributed by atoms with Crippen LogP contribution in [-0.2, 0) is 9.53 Å². The number of nitrogens with zero attached hydrogens (tertiary/aromatic N) is 2. The van der Waals surface area contributed by atoms with Crippen molar-refractivity contribution in [2.75, 3.05) is 13.7 Å². The van der Waals surface area contributed by atoms with Crippen molar-refractivity contribution in [1.82, 2.24) is 4.57 Å². The van der Waals surface area contributed by atoms with Gasteiger partial charge < -0.3 is 9.47 Å². The predicted molar refractivity (Wildman–Crippen MR) is 72.5 cm³/mol. The highest BCUT2D eigenvalue weighted by molar-refractivity contribution is 5.74. The molecule has 108 valence electrons. The maximum absolute atomic E-state index is 12.3. The van der Waals surface area contributed by atoms with E-state index in [0.717, 1.165) is 0 Å². The summed E-state index contributed by atoms with van der Waals surface area (Å²) < 4.78 is 11.2. The molecule has 1 heterocycles. The van der Waals surface area contributed by atoms with E-state index in [0.29, 0.717) is 0 Å². The Hall–Kier alpha value is -2.29. The summed E-state index contributed by atoms with van der Waals surface area (Å²) >= 11 is 0. The lowest BCUT2D eigenvalue weighted by molar-refractivity contribution is -0.148. The second-order valence-electron chi connectivity index (χ2n) is 4.52. The Morgan fingerprint density at radius 1 is 1.50 bits per heavy atom. The summed E-state index contributed by atoms with van der Waals surface area (Å²) in [6, 6.07) is 2.54. The van der Waals surface area contributed by atoms with E-state index < -0.39 is 17.6 Å². The fourth-order valence-electron chi connectivity index (χ4n) is 1.96. The molecule has 6 nitrogen and oxygen atoms in total. The molecule has 0 amide bonds. The molecule has 0 radical (unpaired) electrons. The van der Waals surface area contributed by atoms with Crippen LogP contribution in [0.15, 0.2) is 17.1 Å². The largest absolute Gasteiger partial charge is 0.495 e. The first-order valence-electron chi connectivity index (χ1n) is 6.33. The maximum atomic E-state index is 12.3. The molecule has 6 heteroatoms. The molecule has 0 bridgehead atoms. The third-order valence-electron chi connectivity index (χ3n) is 2.87. The highest BCUT2D eigenvalue weighted by Crippen LogP contribution is 2.20. The van der Waals surface area contributed by atoms with Crippen molar-refractivity contribution >= 4 is 5.97 Å². The van der Waals surface area contributed by atoms with Gasteiger partial charge in [0.15, 0.2) is 5.56 Å². The SMILES string of the molecule is CCOC(=O)C(C(C)C)n1ccc(OC)c(C#N)c1=O. The van der Waals surface area contributed by atoms with Crippen molar-refractivity contribution in [2.45, 2.75) is 26.8 Å². The molecule has 1 aromatic heterocycles. The Morgan fingerprint density at radius 3 is 2.60 bits per heavy atom. The summed E-state index contributed by atoms with van der Waals surface area (Å²) in [6.07, 6.45) is 1.45. The molecule has 0 N–H and O–H groups in total. The van der Waals surface area contributed by atoms with E-state index in [-0.39, 0.29) is 23.8 Å². The number of carbonyl (C=O) groups excluding carboxylic acids is 1. The van der Waals surface area contributed by atoms with Crippen LogP contribution in [0.25, 0.3) is 0 Å². The van der Waals surface area contributed by atoms with Crippen molar-refractivity contribution in [3.63, 3.8) is 0 Å². The molecule has 0 aliphatic carbocycles. The van der Waals surface area contributed by atoms with Gasteiger partial charge in [-0.2, -0.15) is 5.26 Å². The number of pyridine rings is 1. The van der Waals surface area contributed by atoms with Gasteiger partial charge in [-0.1, -0.05) is 13.8 Å². The normalized spacial score (nSPS) is 11.8. The predicted octanol–water partition coefficient (Wildman–Crippen LogP) is 1.49. The van der Waals surface area contributed by atoms with E-state index in [1.807, 2.05) is 19.9 Å². The molecule has 0 saturated heterocycles. The second-order valence-corrected chi connectivity index (χ2v) is 4.52. The summed E-state index contributed by atoms with van der Waals surface area (Å²) in [5.41, 5.74) is -0.677. The van der Waals surface area contributed by atoms with Crippen LogP contribution < -0.4 is 10.3 Å². The van der Waals surface area contributed by atoms with Crippen LogP contribution in [0.5, 0.6) is 5.75 Å². The first-order chi connectivity index (χ1) is 9.47. The fourth-order valence-corrected chi connectivity index (χ4v) is 1.96. The number of ether oxygens (including phenoxy) is 2. The van der Waals surface area contributed by atoms with Gasteiger partial charge >= 0.3 is 5.97 Å². The lowest BCUT2D eigenvalue weighted by atomic mass is 10.0. The molecule has 0 aliphatic heterocycles. The van der Waals surface area contributed by atoms with E-state index >= 15 is 0 Å². The molecule has 1 unspecified atom stereocenters. The molecule has 0 saturated carbocycles.